The number of para-hydroxylation sites is 1. The number of hydrogen-bond donors (Lipinski definition) is 3. The highest BCUT2D eigenvalue weighted by Crippen LogP contribution is 2.40. The lowest BCUT2D eigenvalue weighted by Crippen LogP contribution is -2.31. The van der Waals surface area contributed by atoms with Gasteiger partial charge in [-0.05, 0) is 40.8 Å². The minimum absolute atomic E-state index is 0.0963. The number of aromatic amines is 1. The second-order valence-electron chi connectivity index (χ2n) is 6.04. The standard InChI is InChI=1S/C19H16FIN4O2/c1-27-18-11(20)3-2-4-14(18)25-17-15-13(6-8-23-19(15)26)24-16(17)10-5-7-22-9-12(10)21/h2-5,7,9,24-25H,6,8H2,1H3,(H,23,26). The summed E-state index contributed by atoms with van der Waals surface area (Å²) in [4.78, 5) is 20.1. The molecule has 138 valence electrons. The van der Waals surface area contributed by atoms with E-state index in [0.717, 1.165) is 20.5 Å². The first-order valence-electron chi connectivity index (χ1n) is 8.32. The Morgan fingerprint density at radius 3 is 2.96 bits per heavy atom. The van der Waals surface area contributed by atoms with Crippen molar-refractivity contribution in [1.29, 1.82) is 0 Å². The van der Waals surface area contributed by atoms with Gasteiger partial charge in [-0.3, -0.25) is 9.78 Å². The van der Waals surface area contributed by atoms with Crippen LogP contribution in [-0.2, 0) is 6.42 Å². The fourth-order valence-corrected chi connectivity index (χ4v) is 3.84. The highest BCUT2D eigenvalue weighted by atomic mass is 127. The minimum atomic E-state index is -0.476. The number of ether oxygens (including phenoxy) is 1. The SMILES string of the molecule is COc1c(F)cccc1Nc1c(-c2ccncc2I)[nH]c2c1C(=O)NCC2. The molecule has 0 unspecified atom stereocenters. The summed E-state index contributed by atoms with van der Waals surface area (Å²) in [6.45, 7) is 0.571. The van der Waals surface area contributed by atoms with E-state index >= 15 is 0 Å². The van der Waals surface area contributed by atoms with E-state index in [1.807, 2.05) is 6.07 Å². The van der Waals surface area contributed by atoms with Crippen LogP contribution < -0.4 is 15.4 Å². The minimum Gasteiger partial charge on any atom is -0.492 e. The zero-order valence-electron chi connectivity index (χ0n) is 14.4. The number of carbonyl (C=O) groups is 1. The van der Waals surface area contributed by atoms with E-state index in [9.17, 15) is 9.18 Å². The highest BCUT2D eigenvalue weighted by molar-refractivity contribution is 14.1. The van der Waals surface area contributed by atoms with Gasteiger partial charge in [-0.1, -0.05) is 6.07 Å². The maximum Gasteiger partial charge on any atom is 0.255 e. The van der Waals surface area contributed by atoms with Gasteiger partial charge in [-0.25, -0.2) is 4.39 Å². The highest BCUT2D eigenvalue weighted by Gasteiger charge is 2.28. The van der Waals surface area contributed by atoms with E-state index in [-0.39, 0.29) is 11.7 Å². The number of anilines is 2. The topological polar surface area (TPSA) is 79.0 Å². The van der Waals surface area contributed by atoms with Gasteiger partial charge >= 0.3 is 0 Å². The lowest BCUT2D eigenvalue weighted by atomic mass is 10.1. The largest absolute Gasteiger partial charge is 0.492 e. The van der Waals surface area contributed by atoms with Gasteiger partial charge in [-0.15, -0.1) is 0 Å². The molecular weight excluding hydrogens is 462 g/mol. The third-order valence-electron chi connectivity index (χ3n) is 4.44. The van der Waals surface area contributed by atoms with Crippen LogP contribution in [0.25, 0.3) is 11.3 Å². The third-order valence-corrected chi connectivity index (χ3v) is 5.30. The molecule has 1 aliphatic heterocycles. The van der Waals surface area contributed by atoms with Crippen LogP contribution in [0.4, 0.5) is 15.8 Å². The molecule has 4 rings (SSSR count). The number of benzene rings is 1. The summed E-state index contributed by atoms with van der Waals surface area (Å²) in [6.07, 6.45) is 4.14. The molecule has 1 aromatic carbocycles. The van der Waals surface area contributed by atoms with Crippen LogP contribution in [0, 0.1) is 9.39 Å². The molecule has 0 spiro atoms. The molecule has 3 N–H and O–H groups in total. The zero-order chi connectivity index (χ0) is 19.0. The number of nitrogens with one attached hydrogen (secondary N) is 3. The van der Waals surface area contributed by atoms with Crippen LogP contribution in [0.5, 0.6) is 5.75 Å². The van der Waals surface area contributed by atoms with Crippen LogP contribution in [-0.4, -0.2) is 29.5 Å². The Morgan fingerprint density at radius 1 is 1.33 bits per heavy atom. The van der Waals surface area contributed by atoms with E-state index in [0.29, 0.717) is 29.9 Å². The van der Waals surface area contributed by atoms with Crippen molar-refractivity contribution in [1.82, 2.24) is 15.3 Å². The van der Waals surface area contributed by atoms with E-state index < -0.39 is 5.82 Å². The first kappa shape index (κ1) is 17.8. The fourth-order valence-electron chi connectivity index (χ4n) is 3.23. The van der Waals surface area contributed by atoms with Crippen molar-refractivity contribution in [2.24, 2.45) is 0 Å². The molecule has 0 radical (unpaired) electrons. The average Bonchev–Trinajstić information content (AvgIpc) is 3.02. The van der Waals surface area contributed by atoms with Crippen molar-refractivity contribution in [3.63, 3.8) is 0 Å². The Labute approximate surface area is 168 Å². The Hall–Kier alpha value is -2.62. The molecule has 1 amide bonds. The number of pyridine rings is 1. The molecule has 1 aliphatic rings. The molecule has 3 heterocycles. The second kappa shape index (κ2) is 7.18. The van der Waals surface area contributed by atoms with Crippen LogP contribution in [0.1, 0.15) is 16.1 Å². The average molecular weight is 478 g/mol. The number of amides is 1. The number of methoxy groups -OCH3 is 1. The predicted molar refractivity (Wildman–Crippen MR) is 109 cm³/mol. The van der Waals surface area contributed by atoms with Gasteiger partial charge in [0.1, 0.15) is 0 Å². The Balaban J connectivity index is 1.91. The number of halogens is 2. The molecule has 3 aromatic rings. The molecule has 8 heteroatoms. The first-order chi connectivity index (χ1) is 13.1. The molecule has 2 aromatic heterocycles. The zero-order valence-corrected chi connectivity index (χ0v) is 16.6. The van der Waals surface area contributed by atoms with E-state index in [2.05, 4.69) is 43.2 Å². The number of hydrogen-bond acceptors (Lipinski definition) is 4. The van der Waals surface area contributed by atoms with Gasteiger partial charge in [0.2, 0.25) is 0 Å². The Morgan fingerprint density at radius 2 is 2.19 bits per heavy atom. The summed E-state index contributed by atoms with van der Waals surface area (Å²) in [5, 5.41) is 6.08. The fraction of sp³-hybridized carbons (Fsp3) is 0.158. The normalized spacial score (nSPS) is 13.1. The van der Waals surface area contributed by atoms with Crippen molar-refractivity contribution >= 4 is 39.9 Å². The summed E-state index contributed by atoms with van der Waals surface area (Å²) in [5.41, 5.74) is 4.09. The molecule has 0 saturated carbocycles. The van der Waals surface area contributed by atoms with Gasteiger partial charge in [0.25, 0.3) is 5.91 Å². The first-order valence-corrected chi connectivity index (χ1v) is 9.40. The lowest BCUT2D eigenvalue weighted by molar-refractivity contribution is 0.0947. The molecule has 0 fully saturated rings. The second-order valence-corrected chi connectivity index (χ2v) is 7.20. The van der Waals surface area contributed by atoms with E-state index in [1.165, 1.54) is 13.2 Å². The molecule has 0 saturated heterocycles. The Kier molecular flexibility index (Phi) is 4.73. The lowest BCUT2D eigenvalue weighted by Gasteiger charge is -2.16. The molecule has 0 bridgehead atoms. The molecular formula is C19H16FIN4O2. The van der Waals surface area contributed by atoms with Crippen molar-refractivity contribution < 1.29 is 13.9 Å². The summed E-state index contributed by atoms with van der Waals surface area (Å²) in [7, 11) is 1.41. The number of fused-ring (bicyclic) bond motifs is 1. The number of rotatable bonds is 4. The van der Waals surface area contributed by atoms with Crippen LogP contribution in [0.3, 0.4) is 0 Å². The van der Waals surface area contributed by atoms with Gasteiger partial charge in [0.05, 0.1) is 29.7 Å². The van der Waals surface area contributed by atoms with Crippen LogP contribution in [0.15, 0.2) is 36.7 Å². The third kappa shape index (κ3) is 3.14. The van der Waals surface area contributed by atoms with Crippen molar-refractivity contribution in [3.05, 3.63) is 57.3 Å². The Bertz CT molecular complexity index is 1030. The number of aromatic nitrogens is 2. The summed E-state index contributed by atoms with van der Waals surface area (Å²) in [5.74, 6) is -0.545. The van der Waals surface area contributed by atoms with Gasteiger partial charge < -0.3 is 20.4 Å². The summed E-state index contributed by atoms with van der Waals surface area (Å²) >= 11 is 2.20. The van der Waals surface area contributed by atoms with E-state index in [4.69, 9.17) is 4.74 Å². The van der Waals surface area contributed by atoms with Crippen LogP contribution >= 0.6 is 22.6 Å². The van der Waals surface area contributed by atoms with Gasteiger partial charge in [-0.2, -0.15) is 0 Å². The molecule has 6 nitrogen and oxygen atoms in total. The number of carbonyl (C=O) groups excluding carboxylic acids is 1. The summed E-state index contributed by atoms with van der Waals surface area (Å²) in [6, 6.07) is 6.51. The maximum atomic E-state index is 14.1. The number of nitrogens with zero attached hydrogens (tertiary/aromatic N) is 1. The molecule has 0 atom stereocenters. The quantitative estimate of drug-likeness (QED) is 0.498. The summed E-state index contributed by atoms with van der Waals surface area (Å²) < 4.78 is 20.3. The maximum absolute atomic E-state index is 14.1. The van der Waals surface area contributed by atoms with Crippen molar-refractivity contribution in [2.75, 3.05) is 19.0 Å². The smallest absolute Gasteiger partial charge is 0.255 e. The number of H-pyrrole nitrogens is 1. The van der Waals surface area contributed by atoms with E-state index in [1.54, 1.807) is 24.5 Å². The predicted octanol–water partition coefficient (Wildman–Crippen LogP) is 3.86. The van der Waals surface area contributed by atoms with Crippen LogP contribution in [0.2, 0.25) is 0 Å². The molecule has 0 aliphatic carbocycles. The van der Waals surface area contributed by atoms with Crippen molar-refractivity contribution in [2.45, 2.75) is 6.42 Å². The van der Waals surface area contributed by atoms with Crippen molar-refractivity contribution in [3.8, 4) is 17.0 Å². The monoisotopic (exact) mass is 478 g/mol. The van der Waals surface area contributed by atoms with Gasteiger partial charge in [0, 0.05) is 40.2 Å². The molecule has 27 heavy (non-hydrogen) atoms. The van der Waals surface area contributed by atoms with Gasteiger partial charge in [0.15, 0.2) is 11.6 Å².